The highest BCUT2D eigenvalue weighted by atomic mass is 32.2. The quantitative estimate of drug-likeness (QED) is 0.201. The summed E-state index contributed by atoms with van der Waals surface area (Å²) >= 11 is 0. The van der Waals surface area contributed by atoms with Crippen molar-refractivity contribution in [2.45, 2.75) is 36.1 Å². The average molecular weight is 554 g/mol. The number of rotatable bonds is 11. The number of aliphatic carboxylic acids is 1. The van der Waals surface area contributed by atoms with E-state index in [0.717, 1.165) is 46.5 Å². The van der Waals surface area contributed by atoms with Crippen molar-refractivity contribution in [3.8, 4) is 11.1 Å². The topological polar surface area (TPSA) is 170 Å². The zero-order valence-corrected chi connectivity index (χ0v) is 21.6. The largest absolute Gasteiger partial charge is 0.480 e. The number of ether oxygens (including phenoxy) is 1. The van der Waals surface area contributed by atoms with Gasteiger partial charge in [-0.1, -0.05) is 54.6 Å². The summed E-state index contributed by atoms with van der Waals surface area (Å²) in [5.74, 6) is -1.96. The second kappa shape index (κ2) is 11.6. The molecule has 39 heavy (non-hydrogen) atoms. The first-order valence-corrected chi connectivity index (χ1v) is 13.7. The van der Waals surface area contributed by atoms with Crippen LogP contribution in [-0.4, -0.2) is 54.0 Å². The Morgan fingerprint density at radius 1 is 1.00 bits per heavy atom. The number of carboxylic acid groups (broad SMARTS) is 1. The number of benzene rings is 3. The fourth-order valence-electron chi connectivity index (χ4n) is 4.74. The number of hydrogen-bond acceptors (Lipinski definition) is 8. The summed E-state index contributed by atoms with van der Waals surface area (Å²) in [4.78, 5) is 35.5. The van der Waals surface area contributed by atoms with E-state index in [-0.39, 0.29) is 30.3 Å². The molecule has 0 spiro atoms. The van der Waals surface area contributed by atoms with Crippen molar-refractivity contribution in [3.63, 3.8) is 0 Å². The van der Waals surface area contributed by atoms with Gasteiger partial charge in [0.2, 0.25) is 0 Å². The van der Waals surface area contributed by atoms with Crippen LogP contribution in [0.15, 0.2) is 77.7 Å². The Bertz CT molecular complexity index is 1460. The van der Waals surface area contributed by atoms with Gasteiger partial charge in [-0.2, -0.15) is 4.31 Å². The van der Waals surface area contributed by atoms with Crippen molar-refractivity contribution in [1.29, 1.82) is 0 Å². The first-order valence-electron chi connectivity index (χ1n) is 12.2. The summed E-state index contributed by atoms with van der Waals surface area (Å²) in [6, 6.07) is 17.4. The maximum Gasteiger partial charge on any atom is 0.424 e. The van der Waals surface area contributed by atoms with Crippen molar-refractivity contribution in [3.05, 3.63) is 94.0 Å². The summed E-state index contributed by atoms with van der Waals surface area (Å²) in [7, 11) is -4.86. The summed E-state index contributed by atoms with van der Waals surface area (Å²) in [6.45, 7) is -0.00211. The normalized spacial score (nSPS) is 13.3. The number of carbonyl (C=O) groups excluding carboxylic acids is 1. The molecular formula is C27H27N3O8S. The van der Waals surface area contributed by atoms with Crippen molar-refractivity contribution in [2.75, 3.05) is 13.2 Å². The minimum Gasteiger partial charge on any atom is -0.480 e. The summed E-state index contributed by atoms with van der Waals surface area (Å²) in [5, 5.41) is 21.2. The SMILES string of the molecule is NCCCC[C@@H](C(=O)O)N(C(=O)OCC1c2ccccc2-c2ccccc21)S(=O)(=O)c1cccc([N+](=O)[O-])c1. The van der Waals surface area contributed by atoms with E-state index in [1.54, 1.807) is 0 Å². The lowest BCUT2D eigenvalue weighted by Gasteiger charge is -2.28. The minimum atomic E-state index is -4.86. The molecule has 3 aromatic carbocycles. The molecule has 0 saturated heterocycles. The second-order valence-corrected chi connectivity index (χ2v) is 10.8. The first kappa shape index (κ1) is 27.7. The van der Waals surface area contributed by atoms with Gasteiger partial charge in [0.05, 0.1) is 9.82 Å². The van der Waals surface area contributed by atoms with Gasteiger partial charge in [-0.15, -0.1) is 0 Å². The van der Waals surface area contributed by atoms with Crippen LogP contribution in [0.2, 0.25) is 0 Å². The molecule has 0 radical (unpaired) electrons. The third kappa shape index (κ3) is 5.61. The molecule has 1 aliphatic rings. The zero-order chi connectivity index (χ0) is 28.2. The van der Waals surface area contributed by atoms with Crippen LogP contribution < -0.4 is 5.73 Å². The van der Waals surface area contributed by atoms with Gasteiger partial charge >= 0.3 is 12.1 Å². The van der Waals surface area contributed by atoms with Crippen molar-refractivity contribution < 1.29 is 32.8 Å². The molecule has 1 atom stereocenters. The van der Waals surface area contributed by atoms with Crippen LogP contribution in [0.1, 0.15) is 36.3 Å². The maximum absolute atomic E-state index is 13.6. The number of fused-ring (bicyclic) bond motifs is 3. The van der Waals surface area contributed by atoms with Crippen LogP contribution in [0.4, 0.5) is 10.5 Å². The van der Waals surface area contributed by atoms with Crippen molar-refractivity contribution in [1.82, 2.24) is 4.31 Å². The fourth-order valence-corrected chi connectivity index (χ4v) is 6.27. The van der Waals surface area contributed by atoms with Gasteiger partial charge in [0.25, 0.3) is 15.7 Å². The van der Waals surface area contributed by atoms with E-state index >= 15 is 0 Å². The van der Waals surface area contributed by atoms with Crippen LogP contribution in [0.3, 0.4) is 0 Å². The number of carboxylic acids is 1. The molecule has 1 amide bonds. The molecular weight excluding hydrogens is 526 g/mol. The number of nitrogens with two attached hydrogens (primary N) is 1. The average Bonchev–Trinajstić information content (AvgIpc) is 3.24. The van der Waals surface area contributed by atoms with Gasteiger partial charge in [-0.3, -0.25) is 10.1 Å². The van der Waals surface area contributed by atoms with E-state index < -0.39 is 49.6 Å². The molecule has 0 unspecified atom stereocenters. The lowest BCUT2D eigenvalue weighted by Crippen LogP contribution is -2.49. The van der Waals surface area contributed by atoms with E-state index in [2.05, 4.69) is 0 Å². The Labute approximate surface area is 225 Å². The molecule has 0 fully saturated rings. The smallest absolute Gasteiger partial charge is 0.424 e. The predicted octanol–water partition coefficient (Wildman–Crippen LogP) is 4.12. The summed E-state index contributed by atoms with van der Waals surface area (Å²) in [6.07, 6.45) is -0.974. The van der Waals surface area contributed by atoms with Crippen LogP contribution in [0, 0.1) is 10.1 Å². The van der Waals surface area contributed by atoms with Crippen LogP contribution >= 0.6 is 0 Å². The summed E-state index contributed by atoms with van der Waals surface area (Å²) < 4.78 is 33.0. The predicted molar refractivity (Wildman–Crippen MR) is 142 cm³/mol. The lowest BCUT2D eigenvalue weighted by atomic mass is 9.98. The highest BCUT2D eigenvalue weighted by Gasteiger charge is 2.42. The van der Waals surface area contributed by atoms with Gasteiger partial charge < -0.3 is 15.6 Å². The Hall–Kier alpha value is -4.29. The highest BCUT2D eigenvalue weighted by molar-refractivity contribution is 7.89. The molecule has 3 aromatic rings. The zero-order valence-electron chi connectivity index (χ0n) is 20.8. The fraction of sp³-hybridized carbons (Fsp3) is 0.259. The number of sulfonamides is 1. The minimum absolute atomic E-state index is 0.178. The van der Waals surface area contributed by atoms with Crippen LogP contribution in [0.25, 0.3) is 11.1 Å². The third-order valence-corrected chi connectivity index (χ3v) is 8.37. The molecule has 0 aliphatic heterocycles. The summed E-state index contributed by atoms with van der Waals surface area (Å²) in [5.41, 5.74) is 8.67. The van der Waals surface area contributed by atoms with Crippen LogP contribution in [-0.2, 0) is 19.6 Å². The standard InChI is InChI=1S/C27H27N3O8S/c28-15-6-5-14-25(26(31)32)29(39(36,37)19-9-7-8-18(16-19)30(34)35)27(33)38-17-24-22-12-3-1-10-20(22)21-11-2-4-13-23(21)24/h1-4,7-13,16,24-25H,5-6,14-15,17,28H2,(H,31,32)/t25-/m0/s1. The van der Waals surface area contributed by atoms with Gasteiger partial charge in [0.1, 0.15) is 12.6 Å². The molecule has 204 valence electrons. The number of hydrogen-bond donors (Lipinski definition) is 2. The Kier molecular flexibility index (Phi) is 8.27. The van der Waals surface area contributed by atoms with E-state index in [4.69, 9.17) is 10.5 Å². The number of nitro groups is 1. The third-order valence-electron chi connectivity index (χ3n) is 6.60. The molecule has 12 heteroatoms. The van der Waals surface area contributed by atoms with Gasteiger partial charge in [-0.05, 0) is 54.1 Å². The number of carbonyl (C=O) groups is 2. The molecule has 0 heterocycles. The van der Waals surface area contributed by atoms with Gasteiger partial charge in [0, 0.05) is 18.1 Å². The van der Waals surface area contributed by atoms with Crippen LogP contribution in [0.5, 0.6) is 0 Å². The van der Waals surface area contributed by atoms with Gasteiger partial charge in [-0.25, -0.2) is 18.0 Å². The van der Waals surface area contributed by atoms with E-state index in [9.17, 15) is 33.2 Å². The van der Waals surface area contributed by atoms with Crippen molar-refractivity contribution in [2.24, 2.45) is 5.73 Å². The molecule has 1 aliphatic carbocycles. The molecule has 3 N–H and O–H groups in total. The van der Waals surface area contributed by atoms with Gasteiger partial charge in [0.15, 0.2) is 0 Å². The Morgan fingerprint density at radius 2 is 1.62 bits per heavy atom. The molecule has 4 rings (SSSR count). The maximum atomic E-state index is 13.6. The molecule has 11 nitrogen and oxygen atoms in total. The lowest BCUT2D eigenvalue weighted by molar-refractivity contribution is -0.385. The monoisotopic (exact) mass is 553 g/mol. The van der Waals surface area contributed by atoms with E-state index in [1.807, 2.05) is 48.5 Å². The molecule has 0 saturated carbocycles. The number of nitrogens with zero attached hydrogens (tertiary/aromatic N) is 2. The van der Waals surface area contributed by atoms with E-state index in [0.29, 0.717) is 6.42 Å². The number of unbranched alkanes of at least 4 members (excludes halogenated alkanes) is 1. The number of non-ortho nitro benzene ring substituents is 1. The molecule has 0 bridgehead atoms. The second-order valence-electron chi connectivity index (χ2n) is 9.00. The van der Waals surface area contributed by atoms with E-state index in [1.165, 1.54) is 0 Å². The Balaban J connectivity index is 1.69. The first-order chi connectivity index (χ1) is 18.7. The highest BCUT2D eigenvalue weighted by Crippen LogP contribution is 2.44. The van der Waals surface area contributed by atoms with Crippen molar-refractivity contribution >= 4 is 27.8 Å². The Morgan fingerprint density at radius 3 is 2.18 bits per heavy atom. The number of nitro benzene ring substituents is 1. The number of amides is 1. The molecule has 0 aromatic heterocycles.